The van der Waals surface area contributed by atoms with Crippen molar-refractivity contribution in [3.63, 3.8) is 0 Å². The van der Waals surface area contributed by atoms with E-state index in [4.69, 9.17) is 10.3 Å². The maximum absolute atomic E-state index is 14.0. The number of anilines is 1. The molecule has 1 aliphatic heterocycles. The van der Waals surface area contributed by atoms with Crippen molar-refractivity contribution in [1.29, 1.82) is 0 Å². The number of carbonyl (C=O) groups excluding carboxylic acids is 1. The monoisotopic (exact) mass is 748 g/mol. The van der Waals surface area contributed by atoms with Crippen molar-refractivity contribution in [1.82, 2.24) is 15.4 Å². The average molecular weight is 749 g/mol. The predicted molar refractivity (Wildman–Crippen MR) is 203 cm³/mol. The smallest absolute Gasteiger partial charge is 0.309 e. The van der Waals surface area contributed by atoms with E-state index in [-0.39, 0.29) is 11.5 Å². The summed E-state index contributed by atoms with van der Waals surface area (Å²) >= 11 is 0. The summed E-state index contributed by atoms with van der Waals surface area (Å²) in [7, 11) is 0. The zero-order valence-corrected chi connectivity index (χ0v) is 30.3. The maximum Gasteiger partial charge on any atom is 0.309 e. The van der Waals surface area contributed by atoms with Crippen LogP contribution in [0.15, 0.2) is 89.5 Å². The number of nitrogen functional groups attached to an aromatic ring is 1. The molecular weight excluding hydrogens is 706 g/mol. The van der Waals surface area contributed by atoms with Gasteiger partial charge in [0.15, 0.2) is 11.5 Å². The summed E-state index contributed by atoms with van der Waals surface area (Å²) in [5, 5.41) is 15.9. The van der Waals surface area contributed by atoms with Crippen molar-refractivity contribution in [2.75, 3.05) is 18.8 Å². The Bertz CT molecular complexity index is 2200. The Kier molecular flexibility index (Phi) is 10.2. The molecule has 1 amide bonds. The summed E-state index contributed by atoms with van der Waals surface area (Å²) in [6, 6.07) is 25.9. The largest absolute Gasteiger partial charge is 0.481 e. The van der Waals surface area contributed by atoms with Crippen molar-refractivity contribution in [2.45, 2.75) is 75.3 Å². The standard InChI is InChI=1S/C22H24F3N3O4.C22H19N/c23-12-8-15(24)20(16(25)9-12)19-10-18(27-32-19)21(29)26-17-6-7-28(11-14(17)22(30)31)13-4-2-1-3-5-13;23-22-18(20-13-19(20)14-6-2-1-3-7-14)11-10-17-16-9-5-4-8-15(16)12-21(17)22/h8-10,13-14,17H,1-7,11H2,(H,26,29)(H,30,31);1-11,19-20H,12-13,23H2/t14-,17-;19-,20+/m11/s1. The Morgan fingerprint density at radius 2 is 1.58 bits per heavy atom. The van der Waals surface area contributed by atoms with E-state index in [2.05, 4.69) is 82.1 Å². The molecule has 0 spiro atoms. The number of nitrogens with two attached hydrogens (primary N) is 1. The van der Waals surface area contributed by atoms with Crippen LogP contribution < -0.4 is 11.1 Å². The van der Waals surface area contributed by atoms with Crippen molar-refractivity contribution >= 4 is 17.6 Å². The number of piperidine rings is 1. The molecule has 284 valence electrons. The fourth-order valence-electron chi connectivity index (χ4n) is 8.88. The van der Waals surface area contributed by atoms with E-state index in [0.717, 1.165) is 43.9 Å². The number of nitrogens with one attached hydrogen (secondary N) is 1. The van der Waals surface area contributed by atoms with Crippen LogP contribution in [0.1, 0.15) is 89.5 Å². The Hall–Kier alpha value is -5.42. The van der Waals surface area contributed by atoms with Gasteiger partial charge in [0.2, 0.25) is 0 Å². The summed E-state index contributed by atoms with van der Waals surface area (Å²) in [5.41, 5.74) is 15.0. The third-order valence-electron chi connectivity index (χ3n) is 11.8. The molecule has 0 bridgehead atoms. The number of fused-ring (bicyclic) bond motifs is 3. The summed E-state index contributed by atoms with van der Waals surface area (Å²) in [6.45, 7) is 1.02. The van der Waals surface area contributed by atoms with Gasteiger partial charge in [0.05, 0.1) is 11.5 Å². The van der Waals surface area contributed by atoms with E-state index in [9.17, 15) is 27.9 Å². The van der Waals surface area contributed by atoms with E-state index in [1.54, 1.807) is 0 Å². The number of amides is 1. The normalized spacial score (nSPS) is 21.9. The van der Waals surface area contributed by atoms with Crippen LogP contribution in [0.4, 0.5) is 18.9 Å². The zero-order valence-electron chi connectivity index (χ0n) is 30.3. The van der Waals surface area contributed by atoms with Crippen LogP contribution in [0.25, 0.3) is 22.5 Å². The number of aliphatic carboxylic acids is 1. The van der Waals surface area contributed by atoms with Crippen LogP contribution in [0, 0.1) is 23.4 Å². The van der Waals surface area contributed by atoms with Gasteiger partial charge in [0.1, 0.15) is 17.5 Å². The molecule has 3 aliphatic carbocycles. The van der Waals surface area contributed by atoms with Gasteiger partial charge in [-0.1, -0.05) is 91.1 Å². The molecule has 2 saturated carbocycles. The quantitative estimate of drug-likeness (QED) is 0.140. The molecule has 0 radical (unpaired) electrons. The number of rotatable bonds is 7. The minimum atomic E-state index is -1.19. The number of aromatic nitrogens is 1. The van der Waals surface area contributed by atoms with E-state index in [1.165, 1.54) is 46.2 Å². The molecule has 4 aliphatic rings. The van der Waals surface area contributed by atoms with Crippen LogP contribution >= 0.6 is 0 Å². The van der Waals surface area contributed by atoms with Crippen LogP contribution in [0.3, 0.4) is 0 Å². The van der Waals surface area contributed by atoms with Crippen LogP contribution in [-0.4, -0.2) is 52.2 Å². The molecule has 1 aromatic heterocycles. The van der Waals surface area contributed by atoms with Gasteiger partial charge in [-0.15, -0.1) is 0 Å². The minimum absolute atomic E-state index is 0.248. The molecule has 0 unspecified atom stereocenters. The fourth-order valence-corrected chi connectivity index (χ4v) is 8.88. The van der Waals surface area contributed by atoms with E-state index in [0.29, 0.717) is 49.5 Å². The number of nitrogens with zero attached hydrogens (tertiary/aromatic N) is 2. The molecule has 9 rings (SSSR count). The topological polar surface area (TPSA) is 122 Å². The SMILES string of the molecule is Nc1c([C@@H]2C[C@@H]2c2ccccc2)ccc2c1Cc1ccccc1-2.O=C(N[C@@H]1CCN(C2CCCCC2)C[C@H]1C(=O)O)c1cc(-c2c(F)cc(F)cc2F)on1. The number of hydrogen-bond donors (Lipinski definition) is 3. The molecule has 55 heavy (non-hydrogen) atoms. The number of halogens is 3. The number of hydrogen-bond acceptors (Lipinski definition) is 6. The Labute approximate surface area is 317 Å². The van der Waals surface area contributed by atoms with Gasteiger partial charge in [-0.3, -0.25) is 14.5 Å². The number of benzene rings is 4. The van der Waals surface area contributed by atoms with Gasteiger partial charge in [-0.25, -0.2) is 13.2 Å². The molecule has 11 heteroatoms. The predicted octanol–water partition coefficient (Wildman–Crippen LogP) is 8.71. The highest BCUT2D eigenvalue weighted by Crippen LogP contribution is 2.57. The number of carboxylic acids is 1. The second-order valence-electron chi connectivity index (χ2n) is 15.2. The summed E-state index contributed by atoms with van der Waals surface area (Å²) in [4.78, 5) is 26.7. The highest BCUT2D eigenvalue weighted by Gasteiger charge is 2.41. The molecule has 1 saturated heterocycles. The lowest BCUT2D eigenvalue weighted by Gasteiger charge is -2.42. The molecule has 4 aromatic carbocycles. The molecule has 5 aromatic rings. The first-order valence-electron chi connectivity index (χ1n) is 19.1. The molecule has 4 N–H and O–H groups in total. The first kappa shape index (κ1) is 36.6. The van der Waals surface area contributed by atoms with E-state index < -0.39 is 46.9 Å². The average Bonchev–Trinajstić information content (AvgIpc) is 3.65. The maximum atomic E-state index is 14.0. The zero-order chi connectivity index (χ0) is 38.2. The van der Waals surface area contributed by atoms with E-state index in [1.807, 2.05) is 0 Å². The molecule has 2 heterocycles. The number of likely N-dealkylation sites (tertiary alicyclic amines) is 1. The van der Waals surface area contributed by atoms with Gasteiger partial charge in [-0.05, 0) is 70.9 Å². The lowest BCUT2D eigenvalue weighted by atomic mass is 9.87. The highest BCUT2D eigenvalue weighted by atomic mass is 19.1. The first-order valence-corrected chi connectivity index (χ1v) is 19.1. The van der Waals surface area contributed by atoms with Crippen molar-refractivity contribution in [2.24, 2.45) is 5.92 Å². The van der Waals surface area contributed by atoms with Gasteiger partial charge < -0.3 is 20.7 Å². The van der Waals surface area contributed by atoms with Crippen LogP contribution in [0.5, 0.6) is 0 Å². The third kappa shape index (κ3) is 7.50. The minimum Gasteiger partial charge on any atom is -0.481 e. The molecule has 4 atom stereocenters. The third-order valence-corrected chi connectivity index (χ3v) is 11.8. The van der Waals surface area contributed by atoms with Gasteiger partial charge in [0.25, 0.3) is 5.91 Å². The molecule has 8 nitrogen and oxygen atoms in total. The van der Waals surface area contributed by atoms with Crippen molar-refractivity contribution < 1.29 is 32.4 Å². The Balaban J connectivity index is 0.000000163. The van der Waals surface area contributed by atoms with Gasteiger partial charge in [-0.2, -0.15) is 0 Å². The Morgan fingerprint density at radius 3 is 2.33 bits per heavy atom. The lowest BCUT2D eigenvalue weighted by Crippen LogP contribution is -2.56. The van der Waals surface area contributed by atoms with Gasteiger partial charge in [0, 0.05) is 55.5 Å². The second kappa shape index (κ2) is 15.4. The van der Waals surface area contributed by atoms with E-state index >= 15 is 0 Å². The summed E-state index contributed by atoms with van der Waals surface area (Å²) < 4.78 is 46.0. The van der Waals surface area contributed by atoms with Crippen molar-refractivity contribution in [3.8, 4) is 22.5 Å². The van der Waals surface area contributed by atoms with Crippen LogP contribution in [0.2, 0.25) is 0 Å². The first-order chi connectivity index (χ1) is 26.7. The fraction of sp³-hybridized carbons (Fsp3) is 0.341. The summed E-state index contributed by atoms with van der Waals surface area (Å²) in [5.74, 6) is -5.08. The summed E-state index contributed by atoms with van der Waals surface area (Å²) in [6.07, 6.45) is 8.27. The number of carbonyl (C=O) groups is 2. The molecular formula is C44H43F3N4O4. The van der Waals surface area contributed by atoms with Crippen molar-refractivity contribution in [3.05, 3.63) is 130 Å². The van der Waals surface area contributed by atoms with Crippen LogP contribution in [-0.2, 0) is 11.2 Å². The highest BCUT2D eigenvalue weighted by molar-refractivity contribution is 5.93. The second-order valence-corrected chi connectivity index (χ2v) is 15.2. The van der Waals surface area contributed by atoms with Gasteiger partial charge >= 0.3 is 5.97 Å². The molecule has 3 fully saturated rings. The lowest BCUT2D eigenvalue weighted by molar-refractivity contribution is -0.145. The Morgan fingerprint density at radius 1 is 0.855 bits per heavy atom. The number of carboxylic acid groups (broad SMARTS) is 1.